The lowest BCUT2D eigenvalue weighted by Gasteiger charge is -2.39. The quantitative estimate of drug-likeness (QED) is 0.320. The molecule has 2 rings (SSSR count). The minimum absolute atomic E-state index is 0.0827. The van der Waals surface area contributed by atoms with Crippen LogP contribution in [-0.2, 0) is 39.8 Å². The first-order valence-electron chi connectivity index (χ1n) is 14.5. The number of rotatable bonds is 15. The molecule has 0 aromatic heterocycles. The van der Waals surface area contributed by atoms with Crippen LogP contribution in [0.2, 0.25) is 0 Å². The molecule has 0 unspecified atom stereocenters. The summed E-state index contributed by atoms with van der Waals surface area (Å²) in [5.41, 5.74) is 0.894. The molecule has 1 aromatic rings. The molecular formula is C31H49N3O7. The van der Waals surface area contributed by atoms with E-state index in [2.05, 4.69) is 19.2 Å². The molecule has 0 spiro atoms. The van der Waals surface area contributed by atoms with Crippen molar-refractivity contribution in [2.24, 2.45) is 11.8 Å². The Hall–Kier alpha value is -2.98. The van der Waals surface area contributed by atoms with Gasteiger partial charge in [-0.3, -0.25) is 14.4 Å². The Morgan fingerprint density at radius 2 is 1.73 bits per heavy atom. The number of esters is 1. The molecule has 0 bridgehead atoms. The third-order valence-electron chi connectivity index (χ3n) is 8.49. The third-order valence-corrected chi connectivity index (χ3v) is 8.49. The monoisotopic (exact) mass is 575 g/mol. The Morgan fingerprint density at radius 3 is 2.27 bits per heavy atom. The number of hydrogen-bond acceptors (Lipinski definition) is 7. The highest BCUT2D eigenvalue weighted by atomic mass is 16.5. The Morgan fingerprint density at radius 1 is 1.07 bits per heavy atom. The van der Waals surface area contributed by atoms with Crippen molar-refractivity contribution in [2.45, 2.75) is 90.1 Å². The van der Waals surface area contributed by atoms with Gasteiger partial charge < -0.3 is 29.3 Å². The molecule has 230 valence electrons. The number of likely N-dealkylation sites (N-methyl/N-ethyl adjacent to an activating group) is 1. The van der Waals surface area contributed by atoms with Crippen LogP contribution < -0.4 is 5.32 Å². The van der Waals surface area contributed by atoms with Crippen LogP contribution in [0.5, 0.6) is 0 Å². The van der Waals surface area contributed by atoms with E-state index in [9.17, 15) is 19.2 Å². The van der Waals surface area contributed by atoms with E-state index in [1.165, 1.54) is 21.1 Å². The maximum Gasteiger partial charge on any atom is 0.328 e. The smallest absolute Gasteiger partial charge is 0.328 e. The van der Waals surface area contributed by atoms with Crippen molar-refractivity contribution in [1.29, 1.82) is 0 Å². The maximum absolute atomic E-state index is 13.7. The average Bonchev–Trinajstić information content (AvgIpc) is 3.46. The Balaban J connectivity index is 2.18. The molecular weight excluding hydrogens is 526 g/mol. The van der Waals surface area contributed by atoms with Gasteiger partial charge in [0, 0.05) is 41.2 Å². The van der Waals surface area contributed by atoms with Crippen LogP contribution in [0.3, 0.4) is 0 Å². The largest absolute Gasteiger partial charge is 0.467 e. The average molecular weight is 576 g/mol. The SMILES string of the molecule is CC[C@H](C)[C@@H]([C@@H](CC(=O)N1CCC[C@H]1[C@H](OC)[C@@H](C)C(=O)N[C@@H](Cc1ccccc1)C(=O)OC)OC)N(C)C(C)=O. The van der Waals surface area contributed by atoms with E-state index in [1.807, 2.05) is 30.3 Å². The number of carbonyl (C=O) groups is 4. The van der Waals surface area contributed by atoms with Crippen molar-refractivity contribution in [2.75, 3.05) is 34.9 Å². The number of nitrogens with zero attached hydrogens (tertiary/aromatic N) is 2. The predicted octanol–water partition coefficient (Wildman–Crippen LogP) is 2.83. The molecule has 41 heavy (non-hydrogen) atoms. The van der Waals surface area contributed by atoms with Crippen molar-refractivity contribution in [3.63, 3.8) is 0 Å². The molecule has 1 heterocycles. The molecule has 10 heteroatoms. The lowest BCUT2D eigenvalue weighted by atomic mass is 9.90. The second kappa shape index (κ2) is 16.5. The summed E-state index contributed by atoms with van der Waals surface area (Å²) in [6, 6.07) is 7.98. The summed E-state index contributed by atoms with van der Waals surface area (Å²) in [4.78, 5) is 55.2. The van der Waals surface area contributed by atoms with Gasteiger partial charge in [0.15, 0.2) is 0 Å². The van der Waals surface area contributed by atoms with Gasteiger partial charge in [0.05, 0.1) is 43.7 Å². The molecule has 3 amide bonds. The van der Waals surface area contributed by atoms with Gasteiger partial charge >= 0.3 is 5.97 Å². The van der Waals surface area contributed by atoms with E-state index in [0.29, 0.717) is 19.4 Å². The van der Waals surface area contributed by atoms with Crippen LogP contribution in [0.1, 0.15) is 58.9 Å². The van der Waals surface area contributed by atoms with Gasteiger partial charge in [-0.1, -0.05) is 57.5 Å². The molecule has 1 saturated heterocycles. The number of hydrogen-bond donors (Lipinski definition) is 1. The highest BCUT2D eigenvalue weighted by Gasteiger charge is 2.42. The molecule has 1 fully saturated rings. The fourth-order valence-corrected chi connectivity index (χ4v) is 5.86. The lowest BCUT2D eigenvalue weighted by Crippen LogP contribution is -2.54. The molecule has 1 aromatic carbocycles. The van der Waals surface area contributed by atoms with Crippen molar-refractivity contribution < 1.29 is 33.4 Å². The number of likely N-dealkylation sites (tertiary alicyclic amines) is 1. The Bertz CT molecular complexity index is 1000. The van der Waals surface area contributed by atoms with Gasteiger partial charge in [0.1, 0.15) is 6.04 Å². The zero-order chi connectivity index (χ0) is 30.7. The molecule has 0 radical (unpaired) electrons. The van der Waals surface area contributed by atoms with Crippen molar-refractivity contribution in [3.8, 4) is 0 Å². The molecule has 1 aliphatic heterocycles. The van der Waals surface area contributed by atoms with Crippen LogP contribution in [0, 0.1) is 11.8 Å². The van der Waals surface area contributed by atoms with E-state index >= 15 is 0 Å². The first-order chi connectivity index (χ1) is 19.5. The Kier molecular flexibility index (Phi) is 13.7. The second-order valence-corrected chi connectivity index (χ2v) is 11.0. The summed E-state index contributed by atoms with van der Waals surface area (Å²) in [5, 5.41) is 2.84. The normalized spacial score (nSPS) is 19.4. The third kappa shape index (κ3) is 9.00. The summed E-state index contributed by atoms with van der Waals surface area (Å²) in [7, 11) is 6.15. The van der Waals surface area contributed by atoms with Crippen LogP contribution in [0.25, 0.3) is 0 Å². The van der Waals surface area contributed by atoms with Gasteiger partial charge in [-0.25, -0.2) is 4.79 Å². The first kappa shape index (κ1) is 34.2. The lowest BCUT2D eigenvalue weighted by molar-refractivity contribution is -0.148. The van der Waals surface area contributed by atoms with Gasteiger partial charge in [0.2, 0.25) is 17.7 Å². The second-order valence-electron chi connectivity index (χ2n) is 11.0. The number of nitrogens with one attached hydrogen (secondary N) is 1. The van der Waals surface area contributed by atoms with Gasteiger partial charge in [0.25, 0.3) is 0 Å². The first-order valence-corrected chi connectivity index (χ1v) is 14.5. The Labute approximate surface area is 245 Å². The van der Waals surface area contributed by atoms with Crippen LogP contribution in [0.15, 0.2) is 30.3 Å². The van der Waals surface area contributed by atoms with Gasteiger partial charge in [-0.15, -0.1) is 0 Å². The van der Waals surface area contributed by atoms with Crippen LogP contribution in [0.4, 0.5) is 0 Å². The summed E-state index contributed by atoms with van der Waals surface area (Å²) < 4.78 is 16.6. The minimum atomic E-state index is -0.852. The zero-order valence-electron chi connectivity index (χ0n) is 25.9. The summed E-state index contributed by atoms with van der Waals surface area (Å²) in [6.45, 7) is 7.92. The zero-order valence-corrected chi connectivity index (χ0v) is 25.9. The van der Waals surface area contributed by atoms with E-state index in [4.69, 9.17) is 14.2 Å². The number of ether oxygens (including phenoxy) is 3. The predicted molar refractivity (Wildman–Crippen MR) is 156 cm³/mol. The highest BCUT2D eigenvalue weighted by molar-refractivity contribution is 5.86. The van der Waals surface area contributed by atoms with E-state index in [0.717, 1.165) is 18.4 Å². The topological polar surface area (TPSA) is 114 Å². The molecule has 10 nitrogen and oxygen atoms in total. The number of methoxy groups -OCH3 is 3. The van der Waals surface area contributed by atoms with Gasteiger partial charge in [-0.2, -0.15) is 0 Å². The molecule has 0 saturated carbocycles. The summed E-state index contributed by atoms with van der Waals surface area (Å²) in [6.07, 6.45) is 1.64. The number of carbonyl (C=O) groups excluding carboxylic acids is 4. The van der Waals surface area contributed by atoms with Crippen molar-refractivity contribution in [3.05, 3.63) is 35.9 Å². The fourth-order valence-electron chi connectivity index (χ4n) is 5.86. The van der Waals surface area contributed by atoms with E-state index < -0.39 is 30.1 Å². The molecule has 7 atom stereocenters. The van der Waals surface area contributed by atoms with Crippen LogP contribution >= 0.6 is 0 Å². The van der Waals surface area contributed by atoms with E-state index in [1.54, 1.807) is 30.9 Å². The fraction of sp³-hybridized carbons (Fsp3) is 0.677. The highest BCUT2D eigenvalue weighted by Crippen LogP contribution is 2.29. The summed E-state index contributed by atoms with van der Waals surface area (Å²) >= 11 is 0. The maximum atomic E-state index is 13.7. The molecule has 1 N–H and O–H groups in total. The van der Waals surface area contributed by atoms with Gasteiger partial charge in [-0.05, 0) is 24.3 Å². The number of amides is 3. The molecule has 1 aliphatic rings. The summed E-state index contributed by atoms with van der Waals surface area (Å²) in [5.74, 6) is -1.58. The van der Waals surface area contributed by atoms with Crippen LogP contribution in [-0.4, -0.2) is 98.7 Å². The minimum Gasteiger partial charge on any atom is -0.467 e. The molecule has 0 aliphatic carbocycles. The standard InChI is InChI=1S/C31H49N3O7/c1-9-20(2)28(33(5)22(4)35)26(39-6)19-27(36)34-17-13-16-25(34)29(40-7)21(3)30(37)32-24(31(38)41-8)18-23-14-11-10-12-15-23/h10-12,14-15,20-21,24-26,28-29H,9,13,16-19H2,1-8H3,(H,32,37)/t20-,21+,24-,25-,26+,28-,29+/m0/s1. The number of benzene rings is 1. The van der Waals surface area contributed by atoms with Crippen molar-refractivity contribution >= 4 is 23.7 Å². The van der Waals surface area contributed by atoms with Crippen molar-refractivity contribution in [1.82, 2.24) is 15.1 Å². The van der Waals surface area contributed by atoms with E-state index in [-0.39, 0.29) is 42.1 Å².